The van der Waals surface area contributed by atoms with Gasteiger partial charge in [0.1, 0.15) is 5.75 Å². The van der Waals surface area contributed by atoms with Crippen LogP contribution in [0.3, 0.4) is 0 Å². The lowest BCUT2D eigenvalue weighted by Crippen LogP contribution is -2.38. The van der Waals surface area contributed by atoms with Crippen molar-refractivity contribution >= 4 is 29.0 Å². The van der Waals surface area contributed by atoms with Gasteiger partial charge in [0, 0.05) is 42.9 Å². The molecule has 3 aromatic rings. The maximum atomic E-state index is 12.7. The van der Waals surface area contributed by atoms with E-state index in [0.717, 1.165) is 48.8 Å². The number of carbonyl (C=O) groups is 2. The molecule has 0 spiro atoms. The molecule has 2 heterocycles. The highest BCUT2D eigenvalue weighted by Crippen LogP contribution is 2.25. The number of benzene rings is 2. The Bertz CT molecular complexity index is 1110. The van der Waals surface area contributed by atoms with E-state index in [1.807, 2.05) is 42.5 Å². The SMILES string of the molecule is COc1ccc(-c2ccc(N3CCC(C(=O)Nc4cccc(NC(C)=O)c4)CC3)nn2)cc1. The Labute approximate surface area is 193 Å². The van der Waals surface area contributed by atoms with Crippen LogP contribution >= 0.6 is 0 Å². The molecular formula is C25H27N5O3. The fourth-order valence-electron chi connectivity index (χ4n) is 3.90. The number of piperidine rings is 1. The first-order valence-corrected chi connectivity index (χ1v) is 10.9. The van der Waals surface area contributed by atoms with Gasteiger partial charge in [0.25, 0.3) is 0 Å². The van der Waals surface area contributed by atoms with Crippen LogP contribution in [-0.2, 0) is 9.59 Å². The van der Waals surface area contributed by atoms with E-state index in [2.05, 4.69) is 25.7 Å². The molecule has 0 atom stereocenters. The molecule has 33 heavy (non-hydrogen) atoms. The van der Waals surface area contributed by atoms with E-state index in [9.17, 15) is 9.59 Å². The molecule has 0 saturated carbocycles. The summed E-state index contributed by atoms with van der Waals surface area (Å²) in [6.07, 6.45) is 1.47. The molecular weight excluding hydrogens is 418 g/mol. The fraction of sp³-hybridized carbons (Fsp3) is 0.280. The van der Waals surface area contributed by atoms with E-state index < -0.39 is 0 Å². The molecule has 1 aromatic heterocycles. The predicted octanol–water partition coefficient (Wildman–Crippen LogP) is 3.97. The van der Waals surface area contributed by atoms with E-state index >= 15 is 0 Å². The second-order valence-electron chi connectivity index (χ2n) is 8.02. The molecule has 8 nitrogen and oxygen atoms in total. The summed E-state index contributed by atoms with van der Waals surface area (Å²) in [7, 11) is 1.64. The topological polar surface area (TPSA) is 96.5 Å². The standard InChI is InChI=1S/C25H27N5O3/c1-17(31)26-20-4-3-5-21(16-20)27-25(32)19-12-14-30(15-13-19)24-11-10-23(28-29-24)18-6-8-22(33-2)9-7-18/h3-11,16,19H,12-15H2,1-2H3,(H,26,31)(H,27,32). The number of amides is 2. The molecule has 1 saturated heterocycles. The van der Waals surface area contributed by atoms with Gasteiger partial charge < -0.3 is 20.3 Å². The molecule has 2 N–H and O–H groups in total. The molecule has 8 heteroatoms. The molecule has 0 unspecified atom stereocenters. The Morgan fingerprint density at radius 2 is 1.64 bits per heavy atom. The van der Waals surface area contributed by atoms with Crippen LogP contribution in [0.1, 0.15) is 19.8 Å². The van der Waals surface area contributed by atoms with Crippen LogP contribution < -0.4 is 20.3 Å². The van der Waals surface area contributed by atoms with Crippen molar-refractivity contribution in [3.63, 3.8) is 0 Å². The van der Waals surface area contributed by atoms with E-state index in [1.54, 1.807) is 25.3 Å². The van der Waals surface area contributed by atoms with Crippen molar-refractivity contribution in [1.82, 2.24) is 10.2 Å². The molecule has 2 aromatic carbocycles. The van der Waals surface area contributed by atoms with Crippen molar-refractivity contribution in [1.29, 1.82) is 0 Å². The Kier molecular flexibility index (Phi) is 6.83. The summed E-state index contributed by atoms with van der Waals surface area (Å²) in [5, 5.41) is 14.5. The largest absolute Gasteiger partial charge is 0.497 e. The first-order valence-electron chi connectivity index (χ1n) is 10.9. The molecule has 0 radical (unpaired) electrons. The summed E-state index contributed by atoms with van der Waals surface area (Å²) in [5.41, 5.74) is 3.12. The maximum absolute atomic E-state index is 12.7. The Balaban J connectivity index is 1.32. The summed E-state index contributed by atoms with van der Waals surface area (Å²) < 4.78 is 5.19. The van der Waals surface area contributed by atoms with Crippen molar-refractivity contribution in [3.05, 3.63) is 60.7 Å². The summed E-state index contributed by atoms with van der Waals surface area (Å²) in [6.45, 7) is 2.93. The van der Waals surface area contributed by atoms with Gasteiger partial charge in [0.05, 0.1) is 12.8 Å². The number of anilines is 3. The van der Waals surface area contributed by atoms with Crippen LogP contribution in [0.15, 0.2) is 60.7 Å². The number of aromatic nitrogens is 2. The summed E-state index contributed by atoms with van der Waals surface area (Å²) in [6, 6.07) is 18.8. The molecule has 0 bridgehead atoms. The molecule has 1 aliphatic heterocycles. The van der Waals surface area contributed by atoms with Gasteiger partial charge in [-0.2, -0.15) is 0 Å². The number of nitrogens with one attached hydrogen (secondary N) is 2. The predicted molar refractivity (Wildman–Crippen MR) is 128 cm³/mol. The van der Waals surface area contributed by atoms with Crippen molar-refractivity contribution in [3.8, 4) is 17.0 Å². The van der Waals surface area contributed by atoms with E-state index in [-0.39, 0.29) is 17.7 Å². The third-order valence-corrected chi connectivity index (χ3v) is 5.68. The molecule has 0 aliphatic carbocycles. The molecule has 170 valence electrons. The van der Waals surface area contributed by atoms with Crippen LogP contribution in [0.5, 0.6) is 5.75 Å². The van der Waals surface area contributed by atoms with E-state index in [4.69, 9.17) is 4.74 Å². The number of rotatable bonds is 6. The number of nitrogens with zero attached hydrogens (tertiary/aromatic N) is 3. The lowest BCUT2D eigenvalue weighted by atomic mass is 9.95. The van der Waals surface area contributed by atoms with Gasteiger partial charge in [-0.1, -0.05) is 6.07 Å². The van der Waals surface area contributed by atoms with Crippen molar-refractivity contribution < 1.29 is 14.3 Å². The average Bonchev–Trinajstić information content (AvgIpc) is 2.84. The van der Waals surface area contributed by atoms with Crippen molar-refractivity contribution in [2.75, 3.05) is 35.7 Å². The number of ether oxygens (including phenoxy) is 1. The van der Waals surface area contributed by atoms with Gasteiger partial charge in [0.15, 0.2) is 5.82 Å². The average molecular weight is 446 g/mol. The first-order chi connectivity index (χ1) is 16.0. The van der Waals surface area contributed by atoms with Crippen LogP contribution in [0, 0.1) is 5.92 Å². The van der Waals surface area contributed by atoms with Gasteiger partial charge in [-0.15, -0.1) is 10.2 Å². The highest BCUT2D eigenvalue weighted by Gasteiger charge is 2.26. The number of carbonyl (C=O) groups excluding carboxylic acids is 2. The van der Waals surface area contributed by atoms with Crippen LogP contribution in [0.2, 0.25) is 0 Å². The number of methoxy groups -OCH3 is 1. The van der Waals surface area contributed by atoms with Crippen molar-refractivity contribution in [2.24, 2.45) is 5.92 Å². The summed E-state index contributed by atoms with van der Waals surface area (Å²) >= 11 is 0. The number of hydrogen-bond donors (Lipinski definition) is 2. The van der Waals surface area contributed by atoms with Crippen molar-refractivity contribution in [2.45, 2.75) is 19.8 Å². The minimum absolute atomic E-state index is 0.00411. The number of hydrogen-bond acceptors (Lipinski definition) is 6. The monoisotopic (exact) mass is 445 g/mol. The Morgan fingerprint density at radius 3 is 2.24 bits per heavy atom. The third-order valence-electron chi connectivity index (χ3n) is 5.68. The highest BCUT2D eigenvalue weighted by molar-refractivity contribution is 5.94. The second kappa shape index (κ2) is 10.1. The first kappa shape index (κ1) is 22.3. The Morgan fingerprint density at radius 1 is 0.939 bits per heavy atom. The van der Waals surface area contributed by atoms with Gasteiger partial charge in [-0.05, 0) is 67.4 Å². The summed E-state index contributed by atoms with van der Waals surface area (Å²) in [4.78, 5) is 26.1. The highest BCUT2D eigenvalue weighted by atomic mass is 16.5. The van der Waals surface area contributed by atoms with Crippen LogP contribution in [0.25, 0.3) is 11.3 Å². The second-order valence-corrected chi connectivity index (χ2v) is 8.02. The smallest absolute Gasteiger partial charge is 0.227 e. The lowest BCUT2D eigenvalue weighted by Gasteiger charge is -2.31. The minimum atomic E-state index is -0.147. The molecule has 1 aliphatic rings. The van der Waals surface area contributed by atoms with E-state index in [1.165, 1.54) is 6.92 Å². The zero-order valence-electron chi connectivity index (χ0n) is 18.7. The van der Waals surface area contributed by atoms with Gasteiger partial charge >= 0.3 is 0 Å². The van der Waals surface area contributed by atoms with Crippen LogP contribution in [0.4, 0.5) is 17.2 Å². The minimum Gasteiger partial charge on any atom is -0.497 e. The fourth-order valence-corrected chi connectivity index (χ4v) is 3.90. The zero-order valence-corrected chi connectivity index (χ0v) is 18.7. The third kappa shape index (κ3) is 5.65. The maximum Gasteiger partial charge on any atom is 0.227 e. The van der Waals surface area contributed by atoms with Gasteiger partial charge in [-0.3, -0.25) is 9.59 Å². The van der Waals surface area contributed by atoms with Gasteiger partial charge in [0.2, 0.25) is 11.8 Å². The molecule has 2 amide bonds. The Hall–Kier alpha value is -3.94. The lowest BCUT2D eigenvalue weighted by molar-refractivity contribution is -0.120. The molecule has 1 fully saturated rings. The van der Waals surface area contributed by atoms with E-state index in [0.29, 0.717) is 11.4 Å². The zero-order chi connectivity index (χ0) is 23.2. The normalized spacial score (nSPS) is 13.9. The summed E-state index contributed by atoms with van der Waals surface area (Å²) in [5.74, 6) is 1.39. The quantitative estimate of drug-likeness (QED) is 0.596. The molecule has 4 rings (SSSR count). The van der Waals surface area contributed by atoms with Crippen LogP contribution in [-0.4, -0.2) is 42.2 Å². The van der Waals surface area contributed by atoms with Gasteiger partial charge in [-0.25, -0.2) is 0 Å².